The van der Waals surface area contributed by atoms with E-state index >= 15 is 0 Å². The summed E-state index contributed by atoms with van der Waals surface area (Å²) in [4.78, 5) is 2.20. The summed E-state index contributed by atoms with van der Waals surface area (Å²) < 4.78 is 2.31. The third-order valence-corrected chi connectivity index (χ3v) is 6.81. The van der Waals surface area contributed by atoms with Crippen LogP contribution in [-0.4, -0.2) is 14.6 Å². The molecule has 0 amide bonds. The lowest BCUT2D eigenvalue weighted by molar-refractivity contribution is 0.399. The normalized spacial score (nSPS) is 10.8. The highest BCUT2D eigenvalue weighted by molar-refractivity contribution is 7.80. The van der Waals surface area contributed by atoms with E-state index in [9.17, 15) is 0 Å². The maximum Gasteiger partial charge on any atom is 0.174 e. The summed E-state index contributed by atoms with van der Waals surface area (Å²) in [7, 11) is 0. The molecule has 0 spiro atoms. The van der Waals surface area contributed by atoms with Crippen molar-refractivity contribution in [1.29, 1.82) is 0 Å². The van der Waals surface area contributed by atoms with E-state index in [4.69, 9.17) is 23.8 Å². The lowest BCUT2D eigenvalue weighted by atomic mass is 10.1. The Balaban J connectivity index is 1.57. The van der Waals surface area contributed by atoms with Gasteiger partial charge in [-0.15, -0.1) is 0 Å². The fraction of sp³-hybridized carbons (Fsp3) is 0.207. The first-order valence-electron chi connectivity index (χ1n) is 11.4. The molecule has 0 aliphatic heterocycles. The minimum absolute atomic E-state index is 0.669. The van der Waals surface area contributed by atoms with Crippen molar-refractivity contribution in [2.24, 2.45) is 0 Å². The van der Waals surface area contributed by atoms with Crippen molar-refractivity contribution in [2.75, 3.05) is 5.32 Å². The molecule has 1 N–H and O–H groups in total. The highest BCUT2D eigenvalue weighted by Gasteiger charge is 2.15. The van der Waals surface area contributed by atoms with Crippen LogP contribution in [0.5, 0.6) is 0 Å². The van der Waals surface area contributed by atoms with Crippen LogP contribution in [0.4, 0.5) is 5.69 Å². The molecule has 0 atom stereocenters. The fourth-order valence-corrected chi connectivity index (χ4v) is 4.45. The number of nitrogens with zero attached hydrogens (tertiary/aromatic N) is 2. The number of aryl methyl sites for hydroxylation is 3. The second kappa shape index (κ2) is 10.9. The van der Waals surface area contributed by atoms with Crippen LogP contribution in [0.1, 0.15) is 33.5 Å². The first-order valence-corrected chi connectivity index (χ1v) is 12.2. The Labute approximate surface area is 213 Å². The number of benzene rings is 3. The first-order chi connectivity index (χ1) is 16.4. The van der Waals surface area contributed by atoms with Gasteiger partial charge in [0.05, 0.1) is 6.54 Å². The van der Waals surface area contributed by atoms with Crippen LogP contribution in [0.15, 0.2) is 85.1 Å². The largest absolute Gasteiger partial charge is 0.345 e. The number of anilines is 1. The van der Waals surface area contributed by atoms with Gasteiger partial charge in [-0.2, -0.15) is 0 Å². The molecule has 0 aliphatic rings. The predicted octanol–water partition coefficient (Wildman–Crippen LogP) is 7.51. The zero-order valence-corrected chi connectivity index (χ0v) is 21.5. The van der Waals surface area contributed by atoms with Crippen LogP contribution in [0.3, 0.4) is 0 Å². The number of aromatic nitrogens is 1. The minimum Gasteiger partial charge on any atom is -0.345 e. The van der Waals surface area contributed by atoms with Gasteiger partial charge in [-0.1, -0.05) is 71.8 Å². The Morgan fingerprint density at radius 3 is 2.41 bits per heavy atom. The van der Waals surface area contributed by atoms with E-state index in [1.807, 2.05) is 31.2 Å². The smallest absolute Gasteiger partial charge is 0.174 e. The van der Waals surface area contributed by atoms with Gasteiger partial charge in [0.1, 0.15) is 0 Å². The average molecular weight is 488 g/mol. The molecule has 34 heavy (non-hydrogen) atoms. The first kappa shape index (κ1) is 24.1. The molecule has 0 unspecified atom stereocenters. The minimum atomic E-state index is 0.669. The van der Waals surface area contributed by atoms with E-state index in [1.54, 1.807) is 0 Å². The number of nitrogens with one attached hydrogen (secondary N) is 1. The van der Waals surface area contributed by atoms with Crippen LogP contribution in [0, 0.1) is 20.8 Å². The highest BCUT2D eigenvalue weighted by Crippen LogP contribution is 2.22. The van der Waals surface area contributed by atoms with Gasteiger partial charge in [-0.05, 0) is 79.5 Å². The summed E-state index contributed by atoms with van der Waals surface area (Å²) in [6.45, 7) is 8.55. The van der Waals surface area contributed by atoms with Crippen LogP contribution in [-0.2, 0) is 19.6 Å². The number of rotatable bonds is 7. The Morgan fingerprint density at radius 2 is 1.68 bits per heavy atom. The van der Waals surface area contributed by atoms with Crippen molar-refractivity contribution >= 4 is 34.6 Å². The maximum absolute atomic E-state index is 6.34. The molecule has 0 fully saturated rings. The van der Waals surface area contributed by atoms with E-state index in [-0.39, 0.29) is 0 Å². The number of hydrogen-bond donors (Lipinski definition) is 1. The summed E-state index contributed by atoms with van der Waals surface area (Å²) in [6.07, 6.45) is 2.14. The van der Waals surface area contributed by atoms with Crippen molar-refractivity contribution in [2.45, 2.75) is 40.4 Å². The lowest BCUT2D eigenvalue weighted by Crippen LogP contribution is -2.34. The Bertz CT molecular complexity index is 1280. The van der Waals surface area contributed by atoms with E-state index in [2.05, 4.69) is 89.4 Å². The fourth-order valence-electron chi connectivity index (χ4n) is 4.03. The molecule has 3 nitrogen and oxygen atoms in total. The Kier molecular flexibility index (Phi) is 7.71. The molecule has 0 bridgehead atoms. The number of thiocarbonyl (C=S) groups is 1. The Morgan fingerprint density at radius 1 is 0.882 bits per heavy atom. The third-order valence-electron chi connectivity index (χ3n) is 6.04. The average Bonchev–Trinajstić information content (AvgIpc) is 3.25. The Hall–Kier alpha value is -3.08. The molecule has 4 rings (SSSR count). The standard InChI is InChI=1S/C29H30ClN3S/c1-21-11-13-25(23(3)16-21)19-32-15-7-10-27(32)20-33(18-24-8-5-4-6-9-24)29(34)31-26-14-12-22(2)28(30)17-26/h4-17H,18-20H2,1-3H3,(H,31,34). The van der Waals surface area contributed by atoms with E-state index < -0.39 is 0 Å². The van der Waals surface area contributed by atoms with Gasteiger partial charge in [0.2, 0.25) is 0 Å². The molecule has 1 heterocycles. The summed E-state index contributed by atoms with van der Waals surface area (Å²) >= 11 is 12.2. The topological polar surface area (TPSA) is 20.2 Å². The SMILES string of the molecule is Cc1ccc(Cn2cccc2CN(Cc2ccccc2)C(=S)Nc2ccc(C)c(Cl)c2)c(C)c1. The van der Waals surface area contributed by atoms with Crippen molar-refractivity contribution in [3.63, 3.8) is 0 Å². The summed E-state index contributed by atoms with van der Waals surface area (Å²) in [6, 6.07) is 27.3. The van der Waals surface area contributed by atoms with E-state index in [0.717, 1.165) is 22.8 Å². The molecular weight excluding hydrogens is 458 g/mol. The molecule has 0 saturated heterocycles. The quantitative estimate of drug-likeness (QED) is 0.272. The summed E-state index contributed by atoms with van der Waals surface area (Å²) in [5.41, 5.74) is 8.29. The maximum atomic E-state index is 6.34. The molecule has 4 aromatic rings. The van der Waals surface area contributed by atoms with E-state index in [1.165, 1.54) is 27.9 Å². The zero-order chi connectivity index (χ0) is 24.1. The molecule has 5 heteroatoms. The monoisotopic (exact) mass is 487 g/mol. The van der Waals surface area contributed by atoms with Crippen LogP contribution < -0.4 is 5.32 Å². The van der Waals surface area contributed by atoms with Gasteiger partial charge in [0.25, 0.3) is 0 Å². The van der Waals surface area contributed by atoms with Gasteiger partial charge in [0, 0.05) is 35.7 Å². The van der Waals surface area contributed by atoms with Crippen molar-refractivity contribution in [1.82, 2.24) is 9.47 Å². The second-order valence-corrected chi connectivity index (χ2v) is 9.59. The van der Waals surface area contributed by atoms with Gasteiger partial charge in [-0.25, -0.2) is 0 Å². The molecule has 0 radical (unpaired) electrons. The molecule has 0 saturated carbocycles. The zero-order valence-electron chi connectivity index (χ0n) is 19.9. The van der Waals surface area contributed by atoms with Crippen molar-refractivity contribution < 1.29 is 0 Å². The van der Waals surface area contributed by atoms with Crippen molar-refractivity contribution in [3.8, 4) is 0 Å². The summed E-state index contributed by atoms with van der Waals surface area (Å²) in [5, 5.41) is 4.79. The highest BCUT2D eigenvalue weighted by atomic mass is 35.5. The number of halogens is 1. The van der Waals surface area contributed by atoms with Crippen LogP contribution in [0.2, 0.25) is 5.02 Å². The summed E-state index contributed by atoms with van der Waals surface area (Å²) in [5.74, 6) is 0. The molecule has 3 aromatic carbocycles. The second-order valence-electron chi connectivity index (χ2n) is 8.79. The molecule has 1 aromatic heterocycles. The van der Waals surface area contributed by atoms with Crippen molar-refractivity contribution in [3.05, 3.63) is 124 Å². The molecule has 174 valence electrons. The van der Waals surface area contributed by atoms with Gasteiger partial charge in [0.15, 0.2) is 5.11 Å². The molecule has 0 aliphatic carbocycles. The van der Waals surface area contributed by atoms with Gasteiger partial charge in [-0.3, -0.25) is 0 Å². The lowest BCUT2D eigenvalue weighted by Gasteiger charge is -2.27. The number of hydrogen-bond acceptors (Lipinski definition) is 1. The van der Waals surface area contributed by atoms with Gasteiger partial charge >= 0.3 is 0 Å². The van der Waals surface area contributed by atoms with E-state index in [0.29, 0.717) is 18.2 Å². The third kappa shape index (κ3) is 6.07. The van der Waals surface area contributed by atoms with Gasteiger partial charge < -0.3 is 14.8 Å². The molecular formula is C29H30ClN3S. The predicted molar refractivity (Wildman–Crippen MR) is 148 cm³/mol. The van der Waals surface area contributed by atoms with Crippen LogP contribution in [0.25, 0.3) is 0 Å². The van der Waals surface area contributed by atoms with Crippen LogP contribution >= 0.6 is 23.8 Å².